The molecule has 2 aliphatic heterocycles. The van der Waals surface area contributed by atoms with Crippen LogP contribution in [0.25, 0.3) is 10.9 Å². The molecule has 1 unspecified atom stereocenters. The van der Waals surface area contributed by atoms with E-state index in [1.54, 1.807) is 44.2 Å². The normalized spacial score (nSPS) is 20.2. The number of carbonyl (C=O) groups excluding carboxylic acids is 5. The first-order chi connectivity index (χ1) is 27.1. The van der Waals surface area contributed by atoms with Gasteiger partial charge in [0.1, 0.15) is 17.4 Å². The molecule has 14 nitrogen and oxygen atoms in total. The van der Waals surface area contributed by atoms with Crippen LogP contribution in [0.3, 0.4) is 0 Å². The Labute approximate surface area is 325 Å². The fourth-order valence-electron chi connectivity index (χ4n) is 7.81. The Morgan fingerprint density at radius 3 is 2.42 bits per heavy atom. The number of halogens is 3. The van der Waals surface area contributed by atoms with E-state index in [-0.39, 0.29) is 35.7 Å². The zero-order chi connectivity index (χ0) is 40.6. The van der Waals surface area contributed by atoms with Gasteiger partial charge in [-0.25, -0.2) is 4.98 Å². The van der Waals surface area contributed by atoms with Gasteiger partial charge in [-0.3, -0.25) is 38.9 Å². The molecule has 5 amide bonds. The van der Waals surface area contributed by atoms with Gasteiger partial charge in [-0.05, 0) is 108 Å². The summed E-state index contributed by atoms with van der Waals surface area (Å²) >= 11 is 0. The van der Waals surface area contributed by atoms with Crippen LogP contribution in [0, 0.1) is 5.92 Å². The van der Waals surface area contributed by atoms with Gasteiger partial charge in [-0.1, -0.05) is 12.1 Å². The third-order valence-electron chi connectivity index (χ3n) is 10.8. The van der Waals surface area contributed by atoms with Crippen LogP contribution in [0.4, 0.5) is 24.5 Å². The number of hydrogen-bond donors (Lipinski definition) is 5. The summed E-state index contributed by atoms with van der Waals surface area (Å²) < 4.78 is 41.6. The number of imide groups is 2. The van der Waals surface area contributed by atoms with Crippen molar-refractivity contribution in [1.82, 2.24) is 30.3 Å². The summed E-state index contributed by atoms with van der Waals surface area (Å²) in [6.07, 6.45) is 1.82. The molecule has 1 atom stereocenters. The number of fused-ring (bicyclic) bond motifs is 2. The van der Waals surface area contributed by atoms with Crippen LogP contribution in [0.1, 0.15) is 107 Å². The number of benzene rings is 2. The first-order valence-corrected chi connectivity index (χ1v) is 19.0. The SMILES string of the molecule is CC(C)(O)c1cc2nn(C3CCC(CNCCCNc4cccc5c4C(=O)N(C4CCC(=O)NC4=O)C5=O)CC3)cc2cc1NC(=O)c1cccc(C(F)(F)F)n1. The number of carbonyl (C=O) groups is 5. The minimum Gasteiger partial charge on any atom is -0.386 e. The maximum atomic E-state index is 13.3. The molecule has 4 aromatic rings. The fraction of sp³-hybridized carbons (Fsp3) is 0.425. The number of amides is 5. The maximum Gasteiger partial charge on any atom is 0.433 e. The molecule has 300 valence electrons. The summed E-state index contributed by atoms with van der Waals surface area (Å²) in [5, 5.41) is 28.1. The van der Waals surface area contributed by atoms with Crippen molar-refractivity contribution in [1.29, 1.82) is 0 Å². The molecule has 0 spiro atoms. The van der Waals surface area contributed by atoms with Gasteiger partial charge in [0.25, 0.3) is 17.7 Å². The van der Waals surface area contributed by atoms with Gasteiger partial charge >= 0.3 is 6.18 Å². The molecule has 17 heteroatoms. The number of aromatic nitrogens is 3. The molecule has 1 aliphatic carbocycles. The summed E-state index contributed by atoms with van der Waals surface area (Å²) in [4.78, 5) is 67.9. The highest BCUT2D eigenvalue weighted by atomic mass is 19.4. The maximum absolute atomic E-state index is 13.3. The van der Waals surface area contributed by atoms with Crippen LogP contribution in [0.15, 0.2) is 54.7 Å². The average molecular weight is 789 g/mol. The molecule has 1 saturated carbocycles. The topological polar surface area (TPSA) is 188 Å². The van der Waals surface area contributed by atoms with E-state index in [0.717, 1.165) is 62.2 Å². The monoisotopic (exact) mass is 788 g/mol. The molecule has 5 N–H and O–H groups in total. The van der Waals surface area contributed by atoms with Crippen molar-refractivity contribution in [3.8, 4) is 0 Å². The third kappa shape index (κ3) is 8.39. The first-order valence-electron chi connectivity index (χ1n) is 19.0. The number of piperidine rings is 1. The molecule has 0 bridgehead atoms. The van der Waals surface area contributed by atoms with Crippen LogP contribution in [0.5, 0.6) is 0 Å². The van der Waals surface area contributed by atoms with Gasteiger partial charge in [-0.15, -0.1) is 0 Å². The second-order valence-electron chi connectivity index (χ2n) is 15.3. The van der Waals surface area contributed by atoms with Crippen molar-refractivity contribution in [3.05, 3.63) is 82.8 Å². The minimum atomic E-state index is -4.70. The molecule has 4 heterocycles. The van der Waals surface area contributed by atoms with Gasteiger partial charge in [0, 0.05) is 41.5 Å². The van der Waals surface area contributed by atoms with E-state index in [0.29, 0.717) is 34.6 Å². The Balaban J connectivity index is 0.895. The van der Waals surface area contributed by atoms with E-state index in [9.17, 15) is 42.3 Å². The molecule has 0 radical (unpaired) electrons. The molecule has 57 heavy (non-hydrogen) atoms. The van der Waals surface area contributed by atoms with E-state index >= 15 is 0 Å². The standard InChI is InChI=1S/C40H43F3N8O6/c1-39(2,57)26-19-29-23(18-30(26)47-35(53)28-8-4-9-32(46-28)40(41,42)43)21-50(49-29)24-12-10-22(11-13-24)20-44-16-5-17-45-27-7-3-6-25-34(27)38(56)51(37(25)55)31-14-15-33(52)48-36(31)54/h3-4,6-9,18-19,21-22,24,31,44-45,57H,5,10-17,20H2,1-2H3,(H,47,53)(H,48,52,54). The van der Waals surface area contributed by atoms with Gasteiger partial charge in [0.15, 0.2) is 0 Å². The Bertz CT molecular complexity index is 2240. The Kier molecular flexibility index (Phi) is 10.9. The number of hydrogen-bond acceptors (Lipinski definition) is 10. The summed E-state index contributed by atoms with van der Waals surface area (Å²) in [5.41, 5.74) is -0.771. The molecule has 7 rings (SSSR count). The van der Waals surface area contributed by atoms with Crippen molar-refractivity contribution >= 4 is 51.8 Å². The number of nitrogens with one attached hydrogen (secondary N) is 4. The Hall–Kier alpha value is -5.68. The summed E-state index contributed by atoms with van der Waals surface area (Å²) in [7, 11) is 0. The molecule has 2 aromatic carbocycles. The highest BCUT2D eigenvalue weighted by Gasteiger charge is 2.45. The lowest BCUT2D eigenvalue weighted by atomic mass is 9.86. The highest BCUT2D eigenvalue weighted by Crippen LogP contribution is 2.37. The number of nitrogens with zero attached hydrogens (tertiary/aromatic N) is 4. The fourth-order valence-corrected chi connectivity index (χ4v) is 7.81. The average Bonchev–Trinajstić information content (AvgIpc) is 3.70. The molecule has 2 fully saturated rings. The van der Waals surface area contributed by atoms with Crippen LogP contribution in [0.2, 0.25) is 0 Å². The predicted octanol–water partition coefficient (Wildman–Crippen LogP) is 5.15. The highest BCUT2D eigenvalue weighted by molar-refractivity contribution is 6.25. The zero-order valence-electron chi connectivity index (χ0n) is 31.4. The lowest BCUT2D eigenvalue weighted by molar-refractivity contribution is -0.141. The van der Waals surface area contributed by atoms with Gasteiger partial charge in [-0.2, -0.15) is 18.3 Å². The molecule has 3 aliphatic rings. The number of aliphatic hydroxyl groups is 1. The lowest BCUT2D eigenvalue weighted by Crippen LogP contribution is -2.54. The summed E-state index contributed by atoms with van der Waals surface area (Å²) in [6, 6.07) is 10.6. The van der Waals surface area contributed by atoms with Gasteiger partial charge < -0.3 is 21.1 Å². The molecular formula is C40H43F3N8O6. The van der Waals surface area contributed by atoms with Crippen molar-refractivity contribution < 1.29 is 42.3 Å². The van der Waals surface area contributed by atoms with E-state index in [1.807, 2.05) is 10.9 Å². The minimum absolute atomic E-state index is 0.0559. The van der Waals surface area contributed by atoms with Crippen LogP contribution >= 0.6 is 0 Å². The number of rotatable bonds is 12. The van der Waals surface area contributed by atoms with Gasteiger partial charge in [0.2, 0.25) is 11.8 Å². The van der Waals surface area contributed by atoms with Crippen molar-refractivity contribution in [2.75, 3.05) is 30.3 Å². The van der Waals surface area contributed by atoms with Crippen LogP contribution < -0.4 is 21.3 Å². The third-order valence-corrected chi connectivity index (χ3v) is 10.8. The Morgan fingerprint density at radius 2 is 1.70 bits per heavy atom. The molecule has 2 aromatic heterocycles. The quantitative estimate of drug-likeness (QED) is 0.0949. The smallest absolute Gasteiger partial charge is 0.386 e. The second-order valence-corrected chi connectivity index (χ2v) is 15.3. The number of anilines is 2. The van der Waals surface area contributed by atoms with Crippen LogP contribution in [-0.4, -0.2) is 80.0 Å². The molecule has 1 saturated heterocycles. The molecular weight excluding hydrogens is 745 g/mol. The lowest BCUT2D eigenvalue weighted by Gasteiger charge is -2.29. The zero-order valence-corrected chi connectivity index (χ0v) is 31.4. The second kappa shape index (κ2) is 15.7. The van der Waals surface area contributed by atoms with Crippen molar-refractivity contribution in [2.45, 2.75) is 82.7 Å². The van der Waals surface area contributed by atoms with E-state index in [4.69, 9.17) is 5.10 Å². The largest absolute Gasteiger partial charge is 0.433 e. The van der Waals surface area contributed by atoms with E-state index in [2.05, 4.69) is 26.3 Å². The van der Waals surface area contributed by atoms with E-state index < -0.39 is 58.7 Å². The predicted molar refractivity (Wildman–Crippen MR) is 202 cm³/mol. The van der Waals surface area contributed by atoms with Crippen molar-refractivity contribution in [2.24, 2.45) is 5.92 Å². The van der Waals surface area contributed by atoms with Gasteiger partial charge in [0.05, 0.1) is 28.3 Å². The summed E-state index contributed by atoms with van der Waals surface area (Å²) in [6.45, 7) is 5.21. The Morgan fingerprint density at radius 1 is 0.947 bits per heavy atom. The summed E-state index contributed by atoms with van der Waals surface area (Å²) in [5.74, 6) is -2.54. The van der Waals surface area contributed by atoms with E-state index in [1.165, 1.54) is 6.07 Å². The van der Waals surface area contributed by atoms with Crippen LogP contribution in [-0.2, 0) is 21.4 Å². The van der Waals surface area contributed by atoms with Crippen molar-refractivity contribution in [3.63, 3.8) is 0 Å². The number of pyridine rings is 1. The first kappa shape index (κ1) is 39.6. The number of alkyl halides is 3.